The Hall–Kier alpha value is -0.470. The van der Waals surface area contributed by atoms with Gasteiger partial charge >= 0.3 is 0 Å². The standard InChI is InChI=1S/C12H13BrIN3O/c1-2-8(15)6-11-16-12(18-17-11)9-5-7(14)3-4-10(9)13/h3-5,8H,2,6,15H2,1H3. The van der Waals surface area contributed by atoms with Crippen molar-refractivity contribution in [1.29, 1.82) is 0 Å². The number of nitrogens with zero attached hydrogens (tertiary/aromatic N) is 2. The van der Waals surface area contributed by atoms with Gasteiger partial charge in [0.15, 0.2) is 5.82 Å². The van der Waals surface area contributed by atoms with E-state index in [2.05, 4.69) is 48.7 Å². The number of rotatable bonds is 4. The van der Waals surface area contributed by atoms with Crippen LogP contribution in [0, 0.1) is 3.57 Å². The van der Waals surface area contributed by atoms with Crippen LogP contribution in [0.4, 0.5) is 0 Å². The van der Waals surface area contributed by atoms with Crippen LogP contribution in [0.25, 0.3) is 11.5 Å². The molecule has 0 amide bonds. The number of hydrogen-bond acceptors (Lipinski definition) is 4. The minimum atomic E-state index is 0.0785. The molecule has 2 aromatic rings. The monoisotopic (exact) mass is 421 g/mol. The summed E-state index contributed by atoms with van der Waals surface area (Å²) in [6.45, 7) is 2.04. The molecule has 96 valence electrons. The molecular formula is C12H13BrIN3O. The molecule has 1 heterocycles. The highest BCUT2D eigenvalue weighted by Gasteiger charge is 2.13. The van der Waals surface area contributed by atoms with Gasteiger partial charge in [-0.15, -0.1) is 0 Å². The molecule has 0 bridgehead atoms. The zero-order valence-corrected chi connectivity index (χ0v) is 13.6. The number of nitrogens with two attached hydrogens (primary N) is 1. The summed E-state index contributed by atoms with van der Waals surface area (Å²) in [7, 11) is 0. The Morgan fingerprint density at radius 3 is 3.00 bits per heavy atom. The molecule has 0 saturated carbocycles. The fraction of sp³-hybridized carbons (Fsp3) is 0.333. The van der Waals surface area contributed by atoms with Gasteiger partial charge in [0.2, 0.25) is 0 Å². The molecule has 18 heavy (non-hydrogen) atoms. The van der Waals surface area contributed by atoms with Gasteiger partial charge in [-0.2, -0.15) is 4.98 Å². The first-order chi connectivity index (χ1) is 8.60. The molecule has 0 radical (unpaired) electrons. The number of benzene rings is 1. The molecule has 0 spiro atoms. The lowest BCUT2D eigenvalue weighted by atomic mass is 10.1. The SMILES string of the molecule is CCC(N)Cc1noc(-c2cc(I)ccc2Br)n1. The Morgan fingerprint density at radius 1 is 1.50 bits per heavy atom. The molecule has 2 rings (SSSR count). The number of hydrogen-bond donors (Lipinski definition) is 1. The maximum atomic E-state index is 5.87. The number of halogens is 2. The van der Waals surface area contributed by atoms with E-state index in [1.54, 1.807) is 0 Å². The van der Waals surface area contributed by atoms with E-state index in [0.29, 0.717) is 18.1 Å². The summed E-state index contributed by atoms with van der Waals surface area (Å²) in [6.07, 6.45) is 1.54. The lowest BCUT2D eigenvalue weighted by molar-refractivity contribution is 0.419. The maximum absolute atomic E-state index is 5.87. The second-order valence-electron chi connectivity index (χ2n) is 4.01. The average molecular weight is 422 g/mol. The normalized spacial score (nSPS) is 12.7. The smallest absolute Gasteiger partial charge is 0.259 e. The summed E-state index contributed by atoms with van der Waals surface area (Å²) in [6, 6.07) is 6.06. The molecule has 1 unspecified atom stereocenters. The van der Waals surface area contributed by atoms with Gasteiger partial charge < -0.3 is 10.3 Å². The molecule has 4 nitrogen and oxygen atoms in total. The van der Waals surface area contributed by atoms with Crippen molar-refractivity contribution < 1.29 is 4.52 Å². The van der Waals surface area contributed by atoms with Gasteiger partial charge in [0.25, 0.3) is 5.89 Å². The van der Waals surface area contributed by atoms with Crippen LogP contribution in [0.15, 0.2) is 27.2 Å². The Bertz CT molecular complexity index is 544. The first-order valence-corrected chi connectivity index (χ1v) is 7.51. The van der Waals surface area contributed by atoms with Gasteiger partial charge in [-0.25, -0.2) is 0 Å². The highest BCUT2D eigenvalue weighted by molar-refractivity contribution is 14.1. The zero-order chi connectivity index (χ0) is 13.1. The average Bonchev–Trinajstić information content (AvgIpc) is 2.80. The Balaban J connectivity index is 2.26. The topological polar surface area (TPSA) is 64.9 Å². The molecule has 6 heteroatoms. The fourth-order valence-electron chi connectivity index (χ4n) is 1.49. The Morgan fingerprint density at radius 2 is 2.28 bits per heavy atom. The third kappa shape index (κ3) is 3.30. The molecule has 1 atom stereocenters. The molecule has 1 aromatic carbocycles. The Labute approximate surface area is 128 Å². The molecule has 1 aromatic heterocycles. The van der Waals surface area contributed by atoms with Crippen molar-refractivity contribution in [2.24, 2.45) is 5.73 Å². The molecular weight excluding hydrogens is 409 g/mol. The summed E-state index contributed by atoms with van der Waals surface area (Å²) < 4.78 is 7.35. The minimum Gasteiger partial charge on any atom is -0.334 e. The third-order valence-electron chi connectivity index (χ3n) is 2.60. The Kier molecular flexibility index (Phi) is 4.74. The molecule has 0 fully saturated rings. The van der Waals surface area contributed by atoms with Gasteiger partial charge in [-0.1, -0.05) is 12.1 Å². The van der Waals surface area contributed by atoms with Gasteiger partial charge in [-0.05, 0) is 63.1 Å². The van der Waals surface area contributed by atoms with Crippen LogP contribution in [0.1, 0.15) is 19.2 Å². The first-order valence-electron chi connectivity index (χ1n) is 5.63. The third-order valence-corrected chi connectivity index (χ3v) is 3.96. The lowest BCUT2D eigenvalue weighted by Gasteiger charge is -2.02. The van der Waals surface area contributed by atoms with E-state index in [0.717, 1.165) is 20.0 Å². The molecule has 0 aliphatic heterocycles. The van der Waals surface area contributed by atoms with Gasteiger partial charge in [0, 0.05) is 20.5 Å². The summed E-state index contributed by atoms with van der Waals surface area (Å²) in [4.78, 5) is 4.38. The van der Waals surface area contributed by atoms with E-state index in [1.807, 2.05) is 25.1 Å². The van der Waals surface area contributed by atoms with Crippen LogP contribution in [0.3, 0.4) is 0 Å². The van der Waals surface area contributed by atoms with Gasteiger partial charge in [0.05, 0.1) is 5.56 Å². The van der Waals surface area contributed by atoms with Crippen molar-refractivity contribution in [1.82, 2.24) is 10.1 Å². The van der Waals surface area contributed by atoms with Gasteiger partial charge in [0.1, 0.15) is 0 Å². The van der Waals surface area contributed by atoms with Crippen molar-refractivity contribution in [3.8, 4) is 11.5 Å². The van der Waals surface area contributed by atoms with Crippen LogP contribution in [-0.2, 0) is 6.42 Å². The minimum absolute atomic E-state index is 0.0785. The summed E-state index contributed by atoms with van der Waals surface area (Å²) in [5.74, 6) is 1.18. The summed E-state index contributed by atoms with van der Waals surface area (Å²) in [5.41, 5.74) is 6.78. The highest BCUT2D eigenvalue weighted by atomic mass is 127. The first kappa shape index (κ1) is 14.0. The summed E-state index contributed by atoms with van der Waals surface area (Å²) in [5, 5.41) is 3.96. The molecule has 0 aliphatic carbocycles. The maximum Gasteiger partial charge on any atom is 0.259 e. The van der Waals surface area contributed by atoms with E-state index < -0.39 is 0 Å². The molecule has 0 saturated heterocycles. The second-order valence-corrected chi connectivity index (χ2v) is 6.11. The predicted octanol–water partition coefficient (Wildman–Crippen LogP) is 3.38. The van der Waals surface area contributed by atoms with Crippen molar-refractivity contribution in [3.05, 3.63) is 32.1 Å². The van der Waals surface area contributed by atoms with Crippen LogP contribution >= 0.6 is 38.5 Å². The fourth-order valence-corrected chi connectivity index (χ4v) is 2.39. The number of aromatic nitrogens is 2. The van der Waals surface area contributed by atoms with Crippen molar-refractivity contribution in [3.63, 3.8) is 0 Å². The van der Waals surface area contributed by atoms with Crippen LogP contribution in [0.5, 0.6) is 0 Å². The van der Waals surface area contributed by atoms with Crippen molar-refractivity contribution in [2.75, 3.05) is 0 Å². The van der Waals surface area contributed by atoms with Crippen molar-refractivity contribution >= 4 is 38.5 Å². The van der Waals surface area contributed by atoms with E-state index >= 15 is 0 Å². The molecule has 0 aliphatic rings. The van der Waals surface area contributed by atoms with E-state index in [4.69, 9.17) is 10.3 Å². The van der Waals surface area contributed by atoms with Crippen molar-refractivity contribution in [2.45, 2.75) is 25.8 Å². The van der Waals surface area contributed by atoms with E-state index in [-0.39, 0.29) is 6.04 Å². The van der Waals surface area contributed by atoms with E-state index in [9.17, 15) is 0 Å². The lowest BCUT2D eigenvalue weighted by Crippen LogP contribution is -2.21. The molecule has 2 N–H and O–H groups in total. The van der Waals surface area contributed by atoms with Gasteiger partial charge in [-0.3, -0.25) is 0 Å². The largest absolute Gasteiger partial charge is 0.334 e. The summed E-state index contributed by atoms with van der Waals surface area (Å²) >= 11 is 5.74. The van der Waals surface area contributed by atoms with Crippen LogP contribution in [-0.4, -0.2) is 16.2 Å². The second kappa shape index (κ2) is 6.12. The quantitative estimate of drug-likeness (QED) is 0.768. The highest BCUT2D eigenvalue weighted by Crippen LogP contribution is 2.28. The van der Waals surface area contributed by atoms with Crippen LogP contribution < -0.4 is 5.73 Å². The predicted molar refractivity (Wildman–Crippen MR) is 82.1 cm³/mol. The van der Waals surface area contributed by atoms with Crippen LogP contribution in [0.2, 0.25) is 0 Å². The van der Waals surface area contributed by atoms with E-state index in [1.165, 1.54) is 0 Å². The zero-order valence-electron chi connectivity index (χ0n) is 9.86.